The summed E-state index contributed by atoms with van der Waals surface area (Å²) in [5.41, 5.74) is 1.73. The second kappa shape index (κ2) is 5.73. The Morgan fingerprint density at radius 2 is 2.05 bits per heavy atom. The molecule has 0 N–H and O–H groups in total. The van der Waals surface area contributed by atoms with Gasteiger partial charge in [0.15, 0.2) is 0 Å². The van der Waals surface area contributed by atoms with Gasteiger partial charge in [0.1, 0.15) is 11.4 Å². The summed E-state index contributed by atoms with van der Waals surface area (Å²) in [5, 5.41) is 0.565. The number of thiophene rings is 1. The number of hydrogen-bond donors (Lipinski definition) is 0. The van der Waals surface area contributed by atoms with Crippen molar-refractivity contribution in [1.82, 2.24) is 9.55 Å². The predicted molar refractivity (Wildman–Crippen MR) is 86.1 cm³/mol. The summed E-state index contributed by atoms with van der Waals surface area (Å²) in [5.74, 6) is -0.473. The van der Waals surface area contributed by atoms with Crippen LogP contribution in [0.25, 0.3) is 20.7 Å². The number of fused-ring (bicyclic) bond motifs is 1. The molecule has 0 amide bonds. The number of methoxy groups -OCH3 is 1. The molecule has 5 nitrogen and oxygen atoms in total. The van der Waals surface area contributed by atoms with E-state index >= 15 is 0 Å². The van der Waals surface area contributed by atoms with Gasteiger partial charge in [-0.2, -0.15) is 0 Å². The summed E-state index contributed by atoms with van der Waals surface area (Å²) in [6.07, 6.45) is 1.40. The maximum absolute atomic E-state index is 12.6. The lowest BCUT2D eigenvalue weighted by Gasteiger charge is -2.03. The normalized spacial score (nSPS) is 10.8. The predicted octanol–water partition coefficient (Wildman–Crippen LogP) is 2.61. The van der Waals surface area contributed by atoms with E-state index in [1.165, 1.54) is 29.3 Å². The van der Waals surface area contributed by atoms with Crippen LogP contribution in [0.4, 0.5) is 0 Å². The lowest BCUT2D eigenvalue weighted by atomic mass is 10.1. The zero-order valence-electron chi connectivity index (χ0n) is 12.2. The van der Waals surface area contributed by atoms with Crippen molar-refractivity contribution in [3.63, 3.8) is 0 Å². The highest BCUT2D eigenvalue weighted by Crippen LogP contribution is 2.35. The second-order valence-corrected chi connectivity index (χ2v) is 5.86. The number of nitrogens with zero attached hydrogens (tertiary/aromatic N) is 2. The summed E-state index contributed by atoms with van der Waals surface area (Å²) in [6.45, 7) is 1.78. The lowest BCUT2D eigenvalue weighted by Crippen LogP contribution is -2.25. The Morgan fingerprint density at radius 1 is 1.32 bits per heavy atom. The Hall–Kier alpha value is -2.47. The van der Waals surface area contributed by atoms with Crippen LogP contribution in [0.2, 0.25) is 0 Å². The fourth-order valence-corrected chi connectivity index (χ4v) is 3.49. The molecule has 3 rings (SSSR count). The zero-order chi connectivity index (χ0) is 15.7. The van der Waals surface area contributed by atoms with Crippen molar-refractivity contribution >= 4 is 27.5 Å². The molecule has 0 radical (unpaired) electrons. The molecule has 112 valence electrons. The van der Waals surface area contributed by atoms with Crippen molar-refractivity contribution in [2.75, 3.05) is 7.11 Å². The third-order valence-electron chi connectivity index (χ3n) is 3.48. The van der Waals surface area contributed by atoms with Crippen LogP contribution >= 0.6 is 11.3 Å². The topological polar surface area (TPSA) is 61.2 Å². The Labute approximate surface area is 130 Å². The number of aryl methyl sites for hydroxylation is 1. The van der Waals surface area contributed by atoms with E-state index in [2.05, 4.69) is 9.72 Å². The first-order valence-electron chi connectivity index (χ1n) is 6.72. The van der Waals surface area contributed by atoms with Crippen molar-refractivity contribution in [3.8, 4) is 10.4 Å². The Bertz CT molecular complexity index is 897. The molecule has 6 heteroatoms. The molecule has 0 atom stereocenters. The second-order valence-electron chi connectivity index (χ2n) is 4.86. The molecule has 2 heterocycles. The van der Waals surface area contributed by atoms with Crippen molar-refractivity contribution in [2.45, 2.75) is 13.5 Å². The number of rotatable bonds is 3. The largest absolute Gasteiger partial charge is 0.468 e. The van der Waals surface area contributed by atoms with Crippen LogP contribution in [0.5, 0.6) is 0 Å². The van der Waals surface area contributed by atoms with Crippen molar-refractivity contribution in [3.05, 3.63) is 52.6 Å². The highest BCUT2D eigenvalue weighted by atomic mass is 32.1. The molecule has 22 heavy (non-hydrogen) atoms. The molecule has 3 aromatic rings. The SMILES string of the molecule is COC(=O)Cn1cnc2sc(-c3ccccc3)c(C)c2c1=O. The van der Waals surface area contributed by atoms with Crippen molar-refractivity contribution in [2.24, 2.45) is 0 Å². The summed E-state index contributed by atoms with van der Waals surface area (Å²) >= 11 is 1.48. The van der Waals surface area contributed by atoms with Crippen LogP contribution in [0.1, 0.15) is 5.56 Å². The minimum Gasteiger partial charge on any atom is -0.468 e. The molecule has 0 saturated heterocycles. The minimum absolute atomic E-state index is 0.131. The molecule has 0 aliphatic carbocycles. The molecule has 0 aliphatic heterocycles. The molecule has 0 spiro atoms. The van der Waals surface area contributed by atoms with E-state index in [0.717, 1.165) is 16.0 Å². The molecular formula is C16H14N2O3S. The van der Waals surface area contributed by atoms with E-state index < -0.39 is 5.97 Å². The van der Waals surface area contributed by atoms with Gasteiger partial charge in [-0.05, 0) is 18.1 Å². The van der Waals surface area contributed by atoms with Gasteiger partial charge >= 0.3 is 5.97 Å². The summed E-state index contributed by atoms with van der Waals surface area (Å²) in [6, 6.07) is 9.88. The van der Waals surface area contributed by atoms with Crippen LogP contribution in [-0.2, 0) is 16.1 Å². The van der Waals surface area contributed by atoms with E-state index in [0.29, 0.717) is 10.2 Å². The summed E-state index contributed by atoms with van der Waals surface area (Å²) < 4.78 is 5.88. The van der Waals surface area contributed by atoms with Crippen LogP contribution in [0, 0.1) is 6.92 Å². The van der Waals surface area contributed by atoms with E-state index in [9.17, 15) is 9.59 Å². The highest BCUT2D eigenvalue weighted by molar-refractivity contribution is 7.22. The van der Waals surface area contributed by atoms with Gasteiger partial charge in [-0.3, -0.25) is 14.2 Å². The number of carbonyl (C=O) groups excluding carboxylic acids is 1. The average Bonchev–Trinajstić information content (AvgIpc) is 2.88. The molecule has 0 unspecified atom stereocenters. The van der Waals surface area contributed by atoms with E-state index in [1.54, 1.807) is 0 Å². The van der Waals surface area contributed by atoms with E-state index in [4.69, 9.17) is 0 Å². The van der Waals surface area contributed by atoms with E-state index in [1.807, 2.05) is 37.3 Å². The Balaban J connectivity index is 2.17. The minimum atomic E-state index is -0.473. The number of hydrogen-bond acceptors (Lipinski definition) is 5. The Morgan fingerprint density at radius 3 is 2.73 bits per heavy atom. The molecule has 0 fully saturated rings. The van der Waals surface area contributed by atoms with Gasteiger partial charge in [0.05, 0.1) is 18.8 Å². The fourth-order valence-electron chi connectivity index (χ4n) is 2.34. The number of ether oxygens (including phenoxy) is 1. The van der Waals surface area contributed by atoms with Crippen LogP contribution < -0.4 is 5.56 Å². The van der Waals surface area contributed by atoms with Gasteiger partial charge in [-0.1, -0.05) is 30.3 Å². The monoisotopic (exact) mass is 314 g/mol. The standard InChI is InChI=1S/C16H14N2O3S/c1-10-13-15(22-14(10)11-6-4-3-5-7-11)17-9-18(16(13)20)8-12(19)21-2/h3-7,9H,8H2,1-2H3. The van der Waals surface area contributed by atoms with Gasteiger partial charge in [-0.15, -0.1) is 11.3 Å². The van der Waals surface area contributed by atoms with Crippen LogP contribution in [-0.4, -0.2) is 22.6 Å². The lowest BCUT2D eigenvalue weighted by molar-refractivity contribution is -0.141. The van der Waals surface area contributed by atoms with Gasteiger partial charge in [-0.25, -0.2) is 4.98 Å². The van der Waals surface area contributed by atoms with Crippen molar-refractivity contribution in [1.29, 1.82) is 0 Å². The van der Waals surface area contributed by atoms with Crippen LogP contribution in [0.3, 0.4) is 0 Å². The smallest absolute Gasteiger partial charge is 0.325 e. The van der Waals surface area contributed by atoms with E-state index in [-0.39, 0.29) is 12.1 Å². The number of esters is 1. The zero-order valence-corrected chi connectivity index (χ0v) is 13.0. The quantitative estimate of drug-likeness (QED) is 0.697. The third-order valence-corrected chi connectivity index (χ3v) is 4.73. The van der Waals surface area contributed by atoms with Gasteiger partial charge in [0.25, 0.3) is 5.56 Å². The van der Waals surface area contributed by atoms with Crippen molar-refractivity contribution < 1.29 is 9.53 Å². The highest BCUT2D eigenvalue weighted by Gasteiger charge is 2.16. The van der Waals surface area contributed by atoms with Gasteiger partial charge in [0, 0.05) is 4.88 Å². The third kappa shape index (κ3) is 2.42. The fraction of sp³-hybridized carbons (Fsp3) is 0.188. The summed E-state index contributed by atoms with van der Waals surface area (Å²) in [7, 11) is 1.29. The molecule has 1 aromatic carbocycles. The first kappa shape index (κ1) is 14.5. The first-order valence-corrected chi connectivity index (χ1v) is 7.54. The van der Waals surface area contributed by atoms with Crippen LogP contribution in [0.15, 0.2) is 41.5 Å². The average molecular weight is 314 g/mol. The number of aromatic nitrogens is 2. The van der Waals surface area contributed by atoms with Gasteiger partial charge < -0.3 is 4.74 Å². The summed E-state index contributed by atoms with van der Waals surface area (Å²) in [4.78, 5) is 30.0. The molecule has 2 aromatic heterocycles. The molecule has 0 saturated carbocycles. The Kier molecular flexibility index (Phi) is 3.77. The maximum Gasteiger partial charge on any atom is 0.325 e. The number of carbonyl (C=O) groups is 1. The first-order chi connectivity index (χ1) is 10.6. The number of benzene rings is 1. The molecular weight excluding hydrogens is 300 g/mol. The molecule has 0 bridgehead atoms. The molecule has 0 aliphatic rings. The maximum atomic E-state index is 12.6. The van der Waals surface area contributed by atoms with Gasteiger partial charge in [0.2, 0.25) is 0 Å².